The van der Waals surface area contributed by atoms with E-state index in [2.05, 4.69) is 15.3 Å². The standard InChI is InChI=1S/C23H31FN4O6S/c1-5-15(3)33-23(29)28-11-9-16(10-12-28)34-22-20(32-4)21(25-14-26-22)27-19-8-7-17(13-18(19)24)35(30,31)6-2/h7-8,13-16H,5-6,9-12H2,1-4H3,(H,25,26,27). The number of nitrogens with zero attached hydrogens (tertiary/aromatic N) is 3. The third-order valence-corrected chi connectivity index (χ3v) is 7.50. The molecule has 1 saturated heterocycles. The highest BCUT2D eigenvalue weighted by Crippen LogP contribution is 2.35. The second kappa shape index (κ2) is 11.5. The van der Waals surface area contributed by atoms with E-state index in [0.29, 0.717) is 25.9 Å². The maximum Gasteiger partial charge on any atom is 0.410 e. The first-order valence-corrected chi connectivity index (χ1v) is 13.1. The first-order chi connectivity index (χ1) is 16.7. The summed E-state index contributed by atoms with van der Waals surface area (Å²) in [6, 6.07) is 3.62. The molecule has 1 aromatic heterocycles. The van der Waals surface area contributed by atoms with Crippen LogP contribution >= 0.6 is 0 Å². The third-order valence-electron chi connectivity index (χ3n) is 5.76. The van der Waals surface area contributed by atoms with Gasteiger partial charge in [0.05, 0.1) is 23.4 Å². The molecule has 2 aromatic rings. The van der Waals surface area contributed by atoms with Gasteiger partial charge in [-0.1, -0.05) is 13.8 Å². The number of rotatable bonds is 9. The Morgan fingerprint density at radius 2 is 1.97 bits per heavy atom. The van der Waals surface area contributed by atoms with Gasteiger partial charge in [-0.25, -0.2) is 22.6 Å². The van der Waals surface area contributed by atoms with Gasteiger partial charge in [0.25, 0.3) is 5.88 Å². The van der Waals surface area contributed by atoms with Crippen LogP contribution in [0.3, 0.4) is 0 Å². The number of aromatic nitrogens is 2. The summed E-state index contributed by atoms with van der Waals surface area (Å²) in [5, 5.41) is 2.82. The molecule has 3 rings (SSSR count). The zero-order chi connectivity index (χ0) is 25.6. The first kappa shape index (κ1) is 26.5. The van der Waals surface area contributed by atoms with Gasteiger partial charge in [0.2, 0.25) is 5.75 Å². The number of carbonyl (C=O) groups excluding carboxylic acids is 1. The van der Waals surface area contributed by atoms with Gasteiger partial charge in [-0.2, -0.15) is 4.98 Å². The molecule has 0 aliphatic carbocycles. The van der Waals surface area contributed by atoms with Crippen LogP contribution in [0.5, 0.6) is 11.6 Å². The normalized spacial score (nSPS) is 15.4. The monoisotopic (exact) mass is 510 g/mol. The summed E-state index contributed by atoms with van der Waals surface area (Å²) in [6.07, 6.45) is 2.48. The van der Waals surface area contributed by atoms with Gasteiger partial charge in [-0.15, -0.1) is 0 Å². The molecule has 10 nitrogen and oxygen atoms in total. The number of carbonyl (C=O) groups is 1. The Morgan fingerprint density at radius 1 is 1.26 bits per heavy atom. The number of piperidine rings is 1. The van der Waals surface area contributed by atoms with E-state index >= 15 is 0 Å². The lowest BCUT2D eigenvalue weighted by Crippen LogP contribution is -2.42. The molecule has 1 unspecified atom stereocenters. The van der Waals surface area contributed by atoms with Crippen molar-refractivity contribution in [1.82, 2.24) is 14.9 Å². The van der Waals surface area contributed by atoms with Gasteiger partial charge in [0.15, 0.2) is 15.7 Å². The topological polar surface area (TPSA) is 120 Å². The third kappa shape index (κ3) is 6.50. The number of hydrogen-bond acceptors (Lipinski definition) is 9. The average Bonchev–Trinajstić information content (AvgIpc) is 2.85. The molecule has 1 atom stereocenters. The number of methoxy groups -OCH3 is 1. The van der Waals surface area contributed by atoms with E-state index in [9.17, 15) is 17.6 Å². The van der Waals surface area contributed by atoms with E-state index in [0.717, 1.165) is 12.5 Å². The van der Waals surface area contributed by atoms with Crippen LogP contribution in [-0.2, 0) is 14.6 Å². The summed E-state index contributed by atoms with van der Waals surface area (Å²) in [7, 11) is -2.12. The number of nitrogens with one attached hydrogen (secondary N) is 1. The van der Waals surface area contributed by atoms with Crippen molar-refractivity contribution in [2.24, 2.45) is 0 Å². The van der Waals surface area contributed by atoms with Crippen molar-refractivity contribution in [3.05, 3.63) is 30.3 Å². The second-order valence-corrected chi connectivity index (χ2v) is 10.4. The van der Waals surface area contributed by atoms with Crippen molar-refractivity contribution in [2.75, 3.05) is 31.3 Å². The van der Waals surface area contributed by atoms with Crippen LogP contribution in [0.25, 0.3) is 0 Å². The largest absolute Gasteiger partial charge is 0.489 e. The van der Waals surface area contributed by atoms with Crippen LogP contribution < -0.4 is 14.8 Å². The molecule has 35 heavy (non-hydrogen) atoms. The zero-order valence-corrected chi connectivity index (χ0v) is 21.1. The summed E-state index contributed by atoms with van der Waals surface area (Å²) in [6.45, 7) is 6.27. The Labute approximate surface area is 204 Å². The molecule has 1 fully saturated rings. The predicted octanol–water partition coefficient (Wildman–Crippen LogP) is 3.94. The van der Waals surface area contributed by atoms with E-state index in [1.54, 1.807) is 4.90 Å². The second-order valence-electron chi connectivity index (χ2n) is 8.14. The van der Waals surface area contributed by atoms with Crippen LogP contribution in [0.4, 0.5) is 20.7 Å². The molecule has 1 aromatic carbocycles. The van der Waals surface area contributed by atoms with E-state index in [-0.39, 0.29) is 52.1 Å². The van der Waals surface area contributed by atoms with Gasteiger partial charge in [-0.05, 0) is 31.5 Å². The molecule has 0 saturated carbocycles. The number of sulfone groups is 1. The fourth-order valence-corrected chi connectivity index (χ4v) is 4.34. The molecule has 1 aliphatic heterocycles. The van der Waals surface area contributed by atoms with Crippen LogP contribution in [-0.4, -0.2) is 67.5 Å². The van der Waals surface area contributed by atoms with Crippen molar-refractivity contribution >= 4 is 27.4 Å². The number of ether oxygens (including phenoxy) is 3. The highest BCUT2D eigenvalue weighted by Gasteiger charge is 2.27. The number of anilines is 2. The lowest BCUT2D eigenvalue weighted by Gasteiger charge is -2.32. The first-order valence-electron chi connectivity index (χ1n) is 11.5. The van der Waals surface area contributed by atoms with Crippen LogP contribution in [0.15, 0.2) is 29.4 Å². The quantitative estimate of drug-likeness (QED) is 0.535. The number of hydrogen-bond donors (Lipinski definition) is 1. The maximum absolute atomic E-state index is 14.6. The van der Waals surface area contributed by atoms with Gasteiger partial charge >= 0.3 is 6.09 Å². The van der Waals surface area contributed by atoms with Gasteiger partial charge in [-0.3, -0.25) is 0 Å². The average molecular weight is 511 g/mol. The SMILES string of the molecule is CCC(C)OC(=O)N1CCC(Oc2ncnc(Nc3ccc(S(=O)(=O)CC)cc3F)c2OC)CC1. The zero-order valence-electron chi connectivity index (χ0n) is 20.3. The molecule has 0 bridgehead atoms. The Balaban J connectivity index is 1.69. The van der Waals surface area contributed by atoms with E-state index in [1.807, 2.05) is 13.8 Å². The van der Waals surface area contributed by atoms with Crippen LogP contribution in [0.1, 0.15) is 40.0 Å². The fourth-order valence-electron chi connectivity index (χ4n) is 3.44. The van der Waals surface area contributed by atoms with Crippen molar-refractivity contribution in [1.29, 1.82) is 0 Å². The lowest BCUT2D eigenvalue weighted by atomic mass is 10.1. The lowest BCUT2D eigenvalue weighted by molar-refractivity contribution is 0.0446. The molecule has 192 valence electrons. The van der Waals surface area contributed by atoms with Crippen molar-refractivity contribution < 1.29 is 31.8 Å². The molecule has 1 amide bonds. The summed E-state index contributed by atoms with van der Waals surface area (Å²) in [5.74, 6) is -0.360. The number of benzene rings is 1. The molecule has 0 radical (unpaired) electrons. The Hall–Kier alpha value is -3.15. The Morgan fingerprint density at radius 3 is 2.57 bits per heavy atom. The van der Waals surface area contributed by atoms with E-state index < -0.39 is 15.7 Å². The Bertz CT molecular complexity index is 1140. The maximum atomic E-state index is 14.6. The number of likely N-dealkylation sites (tertiary alicyclic amines) is 1. The predicted molar refractivity (Wildman–Crippen MR) is 127 cm³/mol. The highest BCUT2D eigenvalue weighted by atomic mass is 32.2. The molecule has 12 heteroatoms. The summed E-state index contributed by atoms with van der Waals surface area (Å²) >= 11 is 0. The van der Waals surface area contributed by atoms with Crippen molar-refractivity contribution in [3.63, 3.8) is 0 Å². The molecule has 0 spiro atoms. The van der Waals surface area contributed by atoms with E-state index in [4.69, 9.17) is 14.2 Å². The van der Waals surface area contributed by atoms with Crippen LogP contribution in [0.2, 0.25) is 0 Å². The molecular weight excluding hydrogens is 479 g/mol. The summed E-state index contributed by atoms with van der Waals surface area (Å²) < 4.78 is 55.5. The Kier molecular flexibility index (Phi) is 8.71. The van der Waals surface area contributed by atoms with E-state index in [1.165, 1.54) is 32.5 Å². The van der Waals surface area contributed by atoms with Crippen molar-refractivity contribution in [3.8, 4) is 11.6 Å². The number of halogens is 1. The van der Waals surface area contributed by atoms with Gasteiger partial charge < -0.3 is 24.4 Å². The van der Waals surface area contributed by atoms with Crippen LogP contribution in [0, 0.1) is 5.82 Å². The number of amides is 1. The molecule has 1 N–H and O–H groups in total. The minimum Gasteiger partial charge on any atom is -0.489 e. The molecule has 2 heterocycles. The summed E-state index contributed by atoms with van der Waals surface area (Å²) in [5.41, 5.74) is 0.0242. The minimum atomic E-state index is -3.53. The van der Waals surface area contributed by atoms with Crippen molar-refractivity contribution in [2.45, 2.75) is 57.1 Å². The van der Waals surface area contributed by atoms with Gasteiger partial charge in [0, 0.05) is 25.9 Å². The smallest absolute Gasteiger partial charge is 0.410 e. The highest BCUT2D eigenvalue weighted by molar-refractivity contribution is 7.91. The molecule has 1 aliphatic rings. The fraction of sp³-hybridized carbons (Fsp3) is 0.522. The van der Waals surface area contributed by atoms with Gasteiger partial charge in [0.1, 0.15) is 24.4 Å². The molecular formula is C23H31FN4O6S. The minimum absolute atomic E-state index is 0.0242. The summed E-state index contributed by atoms with van der Waals surface area (Å²) in [4.78, 5) is 22.0.